The second-order valence-corrected chi connectivity index (χ2v) is 11.4. The maximum atomic E-state index is 14.3. The van der Waals surface area contributed by atoms with Gasteiger partial charge in [-0.15, -0.1) is 0 Å². The Hall–Kier alpha value is -3.19. The fraction of sp³-hybridized carbons (Fsp3) is 0.400. The van der Waals surface area contributed by atoms with Gasteiger partial charge in [0.2, 0.25) is 10.0 Å². The molecule has 3 heterocycles. The van der Waals surface area contributed by atoms with E-state index in [2.05, 4.69) is 10.1 Å². The predicted molar refractivity (Wildman–Crippen MR) is 125 cm³/mol. The third kappa shape index (κ3) is 5.35. The third-order valence-corrected chi connectivity index (χ3v) is 8.62. The van der Waals surface area contributed by atoms with Gasteiger partial charge < -0.3 is 0 Å². The van der Waals surface area contributed by atoms with Gasteiger partial charge in [0.05, 0.1) is 28.5 Å². The second-order valence-electron chi connectivity index (χ2n) is 9.50. The van der Waals surface area contributed by atoms with Crippen molar-refractivity contribution in [1.82, 2.24) is 19.1 Å². The molecule has 1 saturated carbocycles. The van der Waals surface area contributed by atoms with Crippen molar-refractivity contribution in [3.05, 3.63) is 71.6 Å². The zero-order valence-electron chi connectivity index (χ0n) is 19.9. The summed E-state index contributed by atoms with van der Waals surface area (Å²) in [5.74, 6) is -0.914. The Labute approximate surface area is 215 Å². The van der Waals surface area contributed by atoms with E-state index < -0.39 is 52.3 Å². The Morgan fingerprint density at radius 2 is 1.79 bits per heavy atom. The van der Waals surface area contributed by atoms with Crippen LogP contribution in [0.25, 0.3) is 5.69 Å². The summed E-state index contributed by atoms with van der Waals surface area (Å²) >= 11 is 0. The van der Waals surface area contributed by atoms with Crippen LogP contribution in [-0.2, 0) is 27.4 Å². The number of pyridine rings is 1. The molecule has 13 heteroatoms. The quantitative estimate of drug-likeness (QED) is 0.380. The van der Waals surface area contributed by atoms with Crippen LogP contribution in [0.1, 0.15) is 48.6 Å². The molecule has 0 amide bonds. The highest BCUT2D eigenvalue weighted by Crippen LogP contribution is 2.41. The number of aryl methyl sites for hydroxylation is 1. The monoisotopic (exact) mass is 554 g/mol. The molecular formula is C25H23F5N4O3S. The van der Waals surface area contributed by atoms with Gasteiger partial charge in [0.15, 0.2) is 5.78 Å². The lowest BCUT2D eigenvalue weighted by atomic mass is 10.0. The fourth-order valence-electron chi connectivity index (χ4n) is 4.62. The summed E-state index contributed by atoms with van der Waals surface area (Å²) in [5.41, 5.74) is 0.737. The first-order valence-electron chi connectivity index (χ1n) is 12.0. The number of halogens is 5. The molecule has 3 aromatic rings. The summed E-state index contributed by atoms with van der Waals surface area (Å²) < 4.78 is 94.5. The molecule has 2 atom stereocenters. The number of benzene rings is 1. The molecule has 202 valence electrons. The number of alkyl halides is 4. The summed E-state index contributed by atoms with van der Waals surface area (Å²) in [6.45, 7) is -0.470. The van der Waals surface area contributed by atoms with Crippen molar-refractivity contribution >= 4 is 15.8 Å². The first-order chi connectivity index (χ1) is 17.9. The zero-order valence-corrected chi connectivity index (χ0v) is 20.7. The van der Waals surface area contributed by atoms with E-state index in [1.807, 2.05) is 0 Å². The molecule has 1 aliphatic carbocycles. The average molecular weight is 555 g/mol. The van der Waals surface area contributed by atoms with Crippen molar-refractivity contribution in [1.29, 1.82) is 0 Å². The third-order valence-electron chi connectivity index (χ3n) is 6.73. The molecule has 0 radical (unpaired) electrons. The highest BCUT2D eigenvalue weighted by molar-refractivity contribution is 7.89. The molecule has 0 N–H and O–H groups in total. The van der Waals surface area contributed by atoms with E-state index in [-0.39, 0.29) is 30.1 Å². The number of hydrogen-bond donors (Lipinski definition) is 0. The van der Waals surface area contributed by atoms with E-state index >= 15 is 0 Å². The second kappa shape index (κ2) is 9.84. The number of nitrogens with zero attached hydrogens (tertiary/aromatic N) is 4. The van der Waals surface area contributed by atoms with E-state index in [0.29, 0.717) is 11.3 Å². The highest BCUT2D eigenvalue weighted by atomic mass is 32.2. The van der Waals surface area contributed by atoms with E-state index in [4.69, 9.17) is 0 Å². The number of hydrogen-bond acceptors (Lipinski definition) is 5. The van der Waals surface area contributed by atoms with Gasteiger partial charge in [-0.05, 0) is 61.2 Å². The van der Waals surface area contributed by atoms with Gasteiger partial charge in [0.25, 0.3) is 0 Å². The minimum Gasteiger partial charge on any atom is -0.298 e. The van der Waals surface area contributed by atoms with Crippen LogP contribution >= 0.6 is 0 Å². The summed E-state index contributed by atoms with van der Waals surface area (Å²) in [5, 5.41) is 4.51. The maximum Gasteiger partial charge on any atom is 0.433 e. The largest absolute Gasteiger partial charge is 0.433 e. The standard InChI is InChI=1S/C25H23F5N4O3S/c26-17-4-7-20(8-5-17)38(36,37)34-14-18(27)11-21(34)22(35)9-3-16-13-33(32-24(16)15-1-2-15)19-6-10-23(31-12-19)25(28,29)30/h4-8,10,12-13,15,18,21H,1-3,9,11,14H2/t18-,21+/m1/s1. The van der Waals surface area contributed by atoms with Crippen LogP contribution in [0, 0.1) is 5.82 Å². The first-order valence-corrected chi connectivity index (χ1v) is 13.4. The SMILES string of the molecule is O=C(CCc1cn(-c2ccc(C(F)(F)F)nc2)nc1C1CC1)[C@@H]1C[C@@H](F)CN1S(=O)(=O)c1ccc(F)cc1. The maximum absolute atomic E-state index is 14.3. The molecule has 1 aromatic carbocycles. The van der Waals surface area contributed by atoms with E-state index in [1.165, 1.54) is 10.7 Å². The summed E-state index contributed by atoms with van der Waals surface area (Å²) in [6.07, 6.45) is -1.76. The summed E-state index contributed by atoms with van der Waals surface area (Å²) in [4.78, 5) is 16.4. The molecule has 2 aliphatic rings. The Morgan fingerprint density at radius 3 is 2.39 bits per heavy atom. The van der Waals surface area contributed by atoms with Crippen molar-refractivity contribution < 1.29 is 35.2 Å². The molecule has 0 bridgehead atoms. The number of rotatable bonds is 8. The zero-order chi connectivity index (χ0) is 27.2. The van der Waals surface area contributed by atoms with Crippen LogP contribution < -0.4 is 0 Å². The Kier molecular flexibility index (Phi) is 6.84. The van der Waals surface area contributed by atoms with Gasteiger partial charge in [0.1, 0.15) is 17.7 Å². The smallest absolute Gasteiger partial charge is 0.298 e. The molecule has 7 nitrogen and oxygen atoms in total. The van der Waals surface area contributed by atoms with Gasteiger partial charge >= 0.3 is 6.18 Å². The Bertz CT molecular complexity index is 1440. The van der Waals surface area contributed by atoms with Crippen LogP contribution in [0.4, 0.5) is 22.0 Å². The van der Waals surface area contributed by atoms with Crippen molar-refractivity contribution in [3.8, 4) is 5.69 Å². The number of ketones is 1. The number of carbonyl (C=O) groups excluding carboxylic acids is 1. The molecular weight excluding hydrogens is 531 g/mol. The lowest BCUT2D eigenvalue weighted by molar-refractivity contribution is -0.141. The van der Waals surface area contributed by atoms with Gasteiger partial charge in [-0.3, -0.25) is 4.79 Å². The average Bonchev–Trinajstić information content (AvgIpc) is 3.50. The number of aromatic nitrogens is 3. The van der Waals surface area contributed by atoms with Crippen molar-refractivity contribution in [2.45, 2.75) is 61.3 Å². The fourth-order valence-corrected chi connectivity index (χ4v) is 6.27. The van der Waals surface area contributed by atoms with Gasteiger partial charge in [-0.1, -0.05) is 0 Å². The van der Waals surface area contributed by atoms with Gasteiger partial charge in [0, 0.05) is 31.5 Å². The van der Waals surface area contributed by atoms with E-state index in [9.17, 15) is 35.2 Å². The Balaban J connectivity index is 1.33. The predicted octanol–water partition coefficient (Wildman–Crippen LogP) is 4.61. The number of carbonyl (C=O) groups is 1. The van der Waals surface area contributed by atoms with Gasteiger partial charge in [-0.2, -0.15) is 22.6 Å². The molecule has 2 aromatic heterocycles. The summed E-state index contributed by atoms with van der Waals surface area (Å²) in [6, 6.07) is 5.03. The molecule has 1 aliphatic heterocycles. The van der Waals surface area contributed by atoms with E-state index in [1.54, 1.807) is 6.20 Å². The minimum absolute atomic E-state index is 0.0799. The normalized spacial score (nSPS) is 20.7. The topological polar surface area (TPSA) is 85.2 Å². The van der Waals surface area contributed by atoms with E-state index in [0.717, 1.165) is 59.4 Å². The lowest BCUT2D eigenvalue weighted by Crippen LogP contribution is -2.40. The minimum atomic E-state index is -4.57. The number of Topliss-reactive ketones (excluding diaryl/α,β-unsaturated/α-hetero) is 1. The molecule has 2 fully saturated rings. The van der Waals surface area contributed by atoms with Crippen molar-refractivity contribution in [2.75, 3.05) is 6.54 Å². The lowest BCUT2D eigenvalue weighted by Gasteiger charge is -2.22. The van der Waals surface area contributed by atoms with Crippen LogP contribution in [-0.4, -0.2) is 52.0 Å². The molecule has 38 heavy (non-hydrogen) atoms. The molecule has 0 unspecified atom stereocenters. The van der Waals surface area contributed by atoms with Crippen molar-refractivity contribution in [2.24, 2.45) is 0 Å². The molecule has 1 saturated heterocycles. The Morgan fingerprint density at radius 1 is 1.08 bits per heavy atom. The van der Waals surface area contributed by atoms with Crippen LogP contribution in [0.15, 0.2) is 53.7 Å². The van der Waals surface area contributed by atoms with Crippen molar-refractivity contribution in [3.63, 3.8) is 0 Å². The van der Waals surface area contributed by atoms with Crippen LogP contribution in [0.5, 0.6) is 0 Å². The first kappa shape index (κ1) is 26.4. The number of sulfonamides is 1. The molecule has 5 rings (SSSR count). The highest BCUT2D eigenvalue weighted by Gasteiger charge is 2.44. The molecule has 0 spiro atoms. The summed E-state index contributed by atoms with van der Waals surface area (Å²) in [7, 11) is -4.22. The van der Waals surface area contributed by atoms with Crippen LogP contribution in [0.2, 0.25) is 0 Å². The van der Waals surface area contributed by atoms with Crippen LogP contribution in [0.3, 0.4) is 0 Å². The van der Waals surface area contributed by atoms with Gasteiger partial charge in [-0.25, -0.2) is 26.9 Å².